The summed E-state index contributed by atoms with van der Waals surface area (Å²) >= 11 is 5.98. The molecule has 0 aliphatic heterocycles. The van der Waals surface area contributed by atoms with Gasteiger partial charge in [-0.05, 0) is 59.7 Å². The Morgan fingerprint density at radius 1 is 0.971 bits per heavy atom. The summed E-state index contributed by atoms with van der Waals surface area (Å²) in [6.45, 7) is 0.174. The number of allylic oxidation sites excluding steroid dienone is 1. The zero-order valence-corrected chi connectivity index (χ0v) is 19.3. The molecule has 7 heteroatoms. The first kappa shape index (κ1) is 24.7. The van der Waals surface area contributed by atoms with E-state index in [0.29, 0.717) is 16.9 Å². The van der Waals surface area contributed by atoms with E-state index in [9.17, 15) is 14.0 Å². The van der Waals surface area contributed by atoms with E-state index in [1.54, 1.807) is 42.5 Å². The maximum absolute atomic E-state index is 13.9. The maximum Gasteiger partial charge on any atom is 0.341 e. The van der Waals surface area contributed by atoms with Crippen LogP contribution in [0.1, 0.15) is 27.0 Å². The molecule has 0 saturated carbocycles. The topological polar surface area (TPSA) is 61.8 Å². The van der Waals surface area contributed by atoms with Crippen LogP contribution in [0.25, 0.3) is 11.6 Å². The van der Waals surface area contributed by atoms with Crippen LogP contribution < -0.4 is 4.74 Å². The number of halogens is 2. The Morgan fingerprint density at radius 2 is 1.71 bits per heavy atom. The summed E-state index contributed by atoms with van der Waals surface area (Å²) in [4.78, 5) is 24.6. The van der Waals surface area contributed by atoms with Gasteiger partial charge in [-0.15, -0.1) is 0 Å². The number of rotatable bonds is 9. The SMILES string of the molecule is CO/C=C(/C(=O)OC)c1ccccc1COc1ccc(C(=O)/C=C/c2c(F)cccc2Cl)cc1. The van der Waals surface area contributed by atoms with Crippen molar-refractivity contribution in [2.24, 2.45) is 0 Å². The summed E-state index contributed by atoms with van der Waals surface area (Å²) in [6.07, 6.45) is 3.95. The van der Waals surface area contributed by atoms with Crippen LogP contribution >= 0.6 is 11.6 Å². The van der Waals surface area contributed by atoms with Gasteiger partial charge in [-0.1, -0.05) is 41.9 Å². The predicted molar refractivity (Wildman–Crippen MR) is 129 cm³/mol. The molecule has 0 radical (unpaired) electrons. The Balaban J connectivity index is 1.70. The van der Waals surface area contributed by atoms with Gasteiger partial charge in [-0.2, -0.15) is 0 Å². The van der Waals surface area contributed by atoms with Gasteiger partial charge in [0.15, 0.2) is 5.78 Å². The molecule has 0 amide bonds. The minimum absolute atomic E-state index is 0.157. The fraction of sp³-hybridized carbons (Fsp3) is 0.111. The minimum atomic E-state index is -0.526. The number of hydrogen-bond acceptors (Lipinski definition) is 5. The summed E-state index contributed by atoms with van der Waals surface area (Å²) in [5.74, 6) is -0.801. The van der Waals surface area contributed by atoms with Gasteiger partial charge in [0.05, 0.1) is 25.5 Å². The molecule has 5 nitrogen and oxygen atoms in total. The number of methoxy groups -OCH3 is 2. The van der Waals surface area contributed by atoms with Gasteiger partial charge in [0, 0.05) is 11.1 Å². The molecule has 3 aromatic rings. The molecule has 0 saturated heterocycles. The molecule has 0 spiro atoms. The van der Waals surface area contributed by atoms with Crippen molar-refractivity contribution >= 4 is 35.0 Å². The van der Waals surface area contributed by atoms with Crippen molar-refractivity contribution in [3.63, 3.8) is 0 Å². The summed E-state index contributed by atoms with van der Waals surface area (Å²) in [5, 5.41) is 0.226. The summed E-state index contributed by atoms with van der Waals surface area (Å²) in [5.41, 5.74) is 2.21. The Bertz CT molecular complexity index is 1210. The number of hydrogen-bond donors (Lipinski definition) is 0. The van der Waals surface area contributed by atoms with Crippen molar-refractivity contribution in [3.8, 4) is 5.75 Å². The lowest BCUT2D eigenvalue weighted by molar-refractivity contribution is -0.133. The van der Waals surface area contributed by atoms with Crippen LogP contribution in [0.3, 0.4) is 0 Å². The fourth-order valence-electron chi connectivity index (χ4n) is 3.16. The lowest BCUT2D eigenvalue weighted by Gasteiger charge is -2.13. The number of esters is 1. The number of ether oxygens (including phenoxy) is 3. The van der Waals surface area contributed by atoms with Gasteiger partial charge >= 0.3 is 5.97 Å². The lowest BCUT2D eigenvalue weighted by Crippen LogP contribution is -2.08. The smallest absolute Gasteiger partial charge is 0.341 e. The second-order valence-electron chi connectivity index (χ2n) is 7.06. The van der Waals surface area contributed by atoms with Crippen LogP contribution in [-0.4, -0.2) is 26.0 Å². The highest BCUT2D eigenvalue weighted by atomic mass is 35.5. The molecule has 3 rings (SSSR count). The predicted octanol–water partition coefficient (Wildman–Crippen LogP) is 6.11. The molecular formula is C27H22ClFO5. The fourth-order valence-corrected chi connectivity index (χ4v) is 3.39. The Kier molecular flexibility index (Phi) is 8.60. The quantitative estimate of drug-likeness (QED) is 0.160. The molecule has 0 aromatic heterocycles. The highest BCUT2D eigenvalue weighted by Crippen LogP contribution is 2.24. The third kappa shape index (κ3) is 6.11. The van der Waals surface area contributed by atoms with E-state index in [1.807, 2.05) is 12.1 Å². The Morgan fingerprint density at radius 3 is 2.38 bits per heavy atom. The molecule has 0 aliphatic carbocycles. The molecule has 0 aliphatic rings. The minimum Gasteiger partial charge on any atom is -0.503 e. The van der Waals surface area contributed by atoms with E-state index in [-0.39, 0.29) is 28.5 Å². The first-order chi connectivity index (χ1) is 16.4. The third-order valence-electron chi connectivity index (χ3n) is 4.88. The van der Waals surface area contributed by atoms with Crippen LogP contribution in [0, 0.1) is 5.82 Å². The van der Waals surface area contributed by atoms with Crippen molar-refractivity contribution in [2.45, 2.75) is 6.61 Å². The van der Waals surface area contributed by atoms with Gasteiger partial charge in [-0.25, -0.2) is 9.18 Å². The number of carbonyl (C=O) groups excluding carboxylic acids is 2. The van der Waals surface area contributed by atoms with Crippen LogP contribution in [0.15, 0.2) is 79.1 Å². The van der Waals surface area contributed by atoms with Crippen LogP contribution in [0.4, 0.5) is 4.39 Å². The van der Waals surface area contributed by atoms with Crippen molar-refractivity contribution in [1.29, 1.82) is 0 Å². The molecule has 0 fully saturated rings. The van der Waals surface area contributed by atoms with Crippen molar-refractivity contribution < 1.29 is 28.2 Å². The monoisotopic (exact) mass is 480 g/mol. The molecule has 34 heavy (non-hydrogen) atoms. The van der Waals surface area contributed by atoms with E-state index in [1.165, 1.54) is 44.8 Å². The standard InChI is InChI=1S/C27H22ClFO5/c1-32-17-23(27(31)33-2)21-7-4-3-6-19(21)16-34-20-12-10-18(11-13-20)26(30)15-14-22-24(28)8-5-9-25(22)29/h3-15,17H,16H2,1-2H3/b15-14+,23-17+. The zero-order valence-electron chi connectivity index (χ0n) is 18.6. The molecule has 0 bridgehead atoms. The third-order valence-corrected chi connectivity index (χ3v) is 5.21. The Labute approximate surface area is 202 Å². The highest BCUT2D eigenvalue weighted by molar-refractivity contribution is 6.32. The summed E-state index contributed by atoms with van der Waals surface area (Å²) in [6, 6.07) is 18.1. The first-order valence-corrected chi connectivity index (χ1v) is 10.6. The first-order valence-electron chi connectivity index (χ1n) is 10.2. The largest absolute Gasteiger partial charge is 0.503 e. The van der Waals surface area contributed by atoms with Gasteiger partial charge in [0.2, 0.25) is 0 Å². The van der Waals surface area contributed by atoms with Gasteiger partial charge in [0.25, 0.3) is 0 Å². The van der Waals surface area contributed by atoms with Crippen LogP contribution in [0.5, 0.6) is 5.75 Å². The molecule has 0 unspecified atom stereocenters. The second kappa shape index (κ2) is 11.8. The van der Waals surface area contributed by atoms with Crippen molar-refractivity contribution in [3.05, 3.63) is 112 Å². The van der Waals surface area contributed by atoms with E-state index >= 15 is 0 Å². The molecule has 3 aromatic carbocycles. The maximum atomic E-state index is 13.9. The second-order valence-corrected chi connectivity index (χ2v) is 7.47. The molecule has 0 N–H and O–H groups in total. The average Bonchev–Trinajstić information content (AvgIpc) is 2.85. The van der Waals surface area contributed by atoms with Crippen molar-refractivity contribution in [2.75, 3.05) is 14.2 Å². The van der Waals surface area contributed by atoms with Gasteiger partial charge < -0.3 is 14.2 Å². The number of ketones is 1. The molecule has 174 valence electrons. The van der Waals surface area contributed by atoms with Crippen LogP contribution in [0.2, 0.25) is 5.02 Å². The molecular weight excluding hydrogens is 459 g/mol. The zero-order chi connectivity index (χ0) is 24.5. The average molecular weight is 481 g/mol. The van der Waals surface area contributed by atoms with E-state index in [2.05, 4.69) is 0 Å². The number of benzene rings is 3. The highest BCUT2D eigenvalue weighted by Gasteiger charge is 2.17. The van der Waals surface area contributed by atoms with E-state index < -0.39 is 11.8 Å². The summed E-state index contributed by atoms with van der Waals surface area (Å²) < 4.78 is 29.6. The van der Waals surface area contributed by atoms with Gasteiger partial charge in [-0.3, -0.25) is 4.79 Å². The van der Waals surface area contributed by atoms with Crippen molar-refractivity contribution in [1.82, 2.24) is 0 Å². The van der Waals surface area contributed by atoms with Gasteiger partial charge in [0.1, 0.15) is 23.7 Å². The lowest BCUT2D eigenvalue weighted by atomic mass is 10.0. The molecule has 0 heterocycles. The van der Waals surface area contributed by atoms with E-state index in [4.69, 9.17) is 25.8 Å². The summed E-state index contributed by atoms with van der Waals surface area (Å²) in [7, 11) is 2.75. The van der Waals surface area contributed by atoms with E-state index in [0.717, 1.165) is 5.56 Å². The number of carbonyl (C=O) groups is 2. The molecule has 0 atom stereocenters. The normalized spacial score (nSPS) is 11.4. The van der Waals surface area contributed by atoms with Crippen LogP contribution in [-0.2, 0) is 20.9 Å². The Hall–Kier alpha value is -3.90.